The Morgan fingerprint density at radius 3 is 2.88 bits per heavy atom. The summed E-state index contributed by atoms with van der Waals surface area (Å²) in [4.78, 5) is 19.2. The fourth-order valence-electron chi connectivity index (χ4n) is 3.27. The number of aryl methyl sites for hydroxylation is 1. The number of piperidine rings is 1. The minimum atomic E-state index is 0.187. The van der Waals surface area contributed by atoms with Gasteiger partial charge >= 0.3 is 0 Å². The number of aromatic nitrogens is 1. The molecule has 1 atom stereocenters. The number of benzene rings is 1. The third-order valence-electron chi connectivity index (χ3n) is 4.57. The molecule has 1 fully saturated rings. The molecule has 1 aliphatic rings. The van der Waals surface area contributed by atoms with E-state index < -0.39 is 0 Å². The van der Waals surface area contributed by atoms with E-state index >= 15 is 0 Å². The van der Waals surface area contributed by atoms with E-state index in [4.69, 9.17) is 4.74 Å². The Hall–Kier alpha value is -1.88. The lowest BCUT2D eigenvalue weighted by molar-refractivity contribution is -0.135. The molecule has 1 aromatic carbocycles. The van der Waals surface area contributed by atoms with Crippen molar-refractivity contribution in [2.75, 3.05) is 13.7 Å². The third-order valence-corrected chi connectivity index (χ3v) is 5.45. The summed E-state index contributed by atoms with van der Waals surface area (Å²) in [5.74, 6) is 1.14. The van der Waals surface area contributed by atoms with Gasteiger partial charge < -0.3 is 9.64 Å². The first-order chi connectivity index (χ1) is 11.8. The van der Waals surface area contributed by atoms with Crippen molar-refractivity contribution >= 4 is 17.2 Å². The average Bonchev–Trinajstić information content (AvgIpc) is 3.17. The largest absolute Gasteiger partial charge is 0.497 e. The van der Waals surface area contributed by atoms with Crippen molar-refractivity contribution < 1.29 is 9.53 Å². The summed E-state index contributed by atoms with van der Waals surface area (Å²) >= 11 is 1.66. The van der Waals surface area contributed by atoms with Gasteiger partial charge in [0.1, 0.15) is 10.8 Å². The lowest BCUT2D eigenvalue weighted by atomic mass is 10.0. The molecule has 0 spiro atoms. The molecule has 1 amide bonds. The zero-order valence-electron chi connectivity index (χ0n) is 14.1. The van der Waals surface area contributed by atoms with E-state index in [9.17, 15) is 4.79 Å². The number of thiazole rings is 1. The molecule has 3 rings (SSSR count). The molecule has 24 heavy (non-hydrogen) atoms. The lowest BCUT2D eigenvalue weighted by Gasteiger charge is -2.34. The Bertz CT molecular complexity index is 640. The Kier molecular flexibility index (Phi) is 5.86. The van der Waals surface area contributed by atoms with Gasteiger partial charge in [-0.25, -0.2) is 4.98 Å². The predicted octanol–water partition coefficient (Wildman–Crippen LogP) is 4.23. The summed E-state index contributed by atoms with van der Waals surface area (Å²) in [6.07, 6.45) is 7.57. The molecule has 1 aromatic heterocycles. The SMILES string of the molecule is COc1ccc(CCCC(=O)N2CCCC[C@@H]2c2nccs2)cc1. The molecule has 2 heterocycles. The Balaban J connectivity index is 1.53. The molecule has 1 aliphatic heterocycles. The number of hydrogen-bond acceptors (Lipinski definition) is 4. The molecular weight excluding hydrogens is 320 g/mol. The van der Waals surface area contributed by atoms with Crippen LogP contribution in [0.25, 0.3) is 0 Å². The van der Waals surface area contributed by atoms with Crippen LogP contribution in [0.3, 0.4) is 0 Å². The van der Waals surface area contributed by atoms with Crippen molar-refractivity contribution in [2.45, 2.75) is 44.6 Å². The molecule has 0 unspecified atom stereocenters. The first kappa shape index (κ1) is 17.0. The highest BCUT2D eigenvalue weighted by Crippen LogP contribution is 2.32. The standard InChI is InChI=1S/C19H24N2O2S/c1-23-16-10-8-15(9-11-16)5-4-7-18(22)21-13-3-2-6-17(21)19-20-12-14-24-19/h8-12,14,17H,2-7,13H2,1H3/t17-/m1/s1. The van der Waals surface area contributed by atoms with E-state index in [0.717, 1.165) is 43.0 Å². The second kappa shape index (κ2) is 8.29. The summed E-state index contributed by atoms with van der Waals surface area (Å²) in [5.41, 5.74) is 1.25. The summed E-state index contributed by atoms with van der Waals surface area (Å²) < 4.78 is 5.17. The van der Waals surface area contributed by atoms with E-state index in [0.29, 0.717) is 6.42 Å². The van der Waals surface area contributed by atoms with E-state index in [-0.39, 0.29) is 11.9 Å². The van der Waals surface area contributed by atoms with E-state index in [1.807, 2.05) is 23.7 Å². The minimum absolute atomic E-state index is 0.187. The van der Waals surface area contributed by atoms with E-state index in [2.05, 4.69) is 22.0 Å². The fraction of sp³-hybridized carbons (Fsp3) is 0.474. The summed E-state index contributed by atoms with van der Waals surface area (Å²) in [6.45, 7) is 0.867. The van der Waals surface area contributed by atoms with Crippen LogP contribution in [0.15, 0.2) is 35.8 Å². The van der Waals surface area contributed by atoms with Gasteiger partial charge in [-0.2, -0.15) is 0 Å². The molecule has 0 bridgehead atoms. The van der Waals surface area contributed by atoms with Gasteiger partial charge in [0.25, 0.3) is 0 Å². The maximum atomic E-state index is 12.7. The monoisotopic (exact) mass is 344 g/mol. The van der Waals surface area contributed by atoms with Crippen molar-refractivity contribution in [3.63, 3.8) is 0 Å². The number of carbonyl (C=O) groups is 1. The van der Waals surface area contributed by atoms with Gasteiger partial charge in [-0.3, -0.25) is 4.79 Å². The summed E-state index contributed by atoms with van der Waals surface area (Å²) in [5, 5.41) is 3.08. The van der Waals surface area contributed by atoms with Crippen molar-refractivity contribution in [2.24, 2.45) is 0 Å². The number of likely N-dealkylation sites (tertiary alicyclic amines) is 1. The van der Waals surface area contributed by atoms with Gasteiger partial charge in [-0.1, -0.05) is 12.1 Å². The topological polar surface area (TPSA) is 42.4 Å². The number of hydrogen-bond donors (Lipinski definition) is 0. The molecule has 0 saturated carbocycles. The Morgan fingerprint density at radius 1 is 1.33 bits per heavy atom. The number of ether oxygens (including phenoxy) is 1. The zero-order chi connectivity index (χ0) is 16.8. The normalized spacial score (nSPS) is 17.7. The second-order valence-electron chi connectivity index (χ2n) is 6.17. The quantitative estimate of drug-likeness (QED) is 0.787. The maximum absolute atomic E-state index is 12.7. The first-order valence-corrected chi connectivity index (χ1v) is 9.47. The van der Waals surface area contributed by atoms with E-state index in [1.54, 1.807) is 18.4 Å². The Labute approximate surface area is 147 Å². The van der Waals surface area contributed by atoms with Gasteiger partial charge in [-0.05, 0) is 49.8 Å². The summed E-state index contributed by atoms with van der Waals surface area (Å²) in [7, 11) is 1.67. The summed E-state index contributed by atoms with van der Waals surface area (Å²) in [6, 6.07) is 8.28. The molecule has 0 N–H and O–H groups in total. The highest BCUT2D eigenvalue weighted by molar-refractivity contribution is 7.09. The lowest BCUT2D eigenvalue weighted by Crippen LogP contribution is -2.38. The molecular formula is C19H24N2O2S. The zero-order valence-corrected chi connectivity index (χ0v) is 14.9. The second-order valence-corrected chi connectivity index (χ2v) is 7.10. The number of rotatable bonds is 6. The third kappa shape index (κ3) is 4.15. The van der Waals surface area contributed by atoms with E-state index in [1.165, 1.54) is 12.0 Å². The molecule has 128 valence electrons. The maximum Gasteiger partial charge on any atom is 0.223 e. The van der Waals surface area contributed by atoms with Crippen LogP contribution in [0.2, 0.25) is 0 Å². The van der Waals surface area contributed by atoms with Gasteiger partial charge in [0.15, 0.2) is 0 Å². The molecule has 0 aliphatic carbocycles. The van der Waals surface area contributed by atoms with Crippen molar-refractivity contribution in [1.82, 2.24) is 9.88 Å². The van der Waals surface area contributed by atoms with Gasteiger partial charge in [0.2, 0.25) is 5.91 Å². The minimum Gasteiger partial charge on any atom is -0.497 e. The number of carbonyl (C=O) groups excluding carboxylic acids is 1. The van der Waals surface area contributed by atoms with Crippen LogP contribution >= 0.6 is 11.3 Å². The number of amides is 1. The van der Waals surface area contributed by atoms with Crippen LogP contribution in [-0.2, 0) is 11.2 Å². The van der Waals surface area contributed by atoms with Crippen molar-refractivity contribution in [1.29, 1.82) is 0 Å². The number of methoxy groups -OCH3 is 1. The van der Waals surface area contributed by atoms with Crippen molar-refractivity contribution in [3.8, 4) is 5.75 Å². The fourth-order valence-corrected chi connectivity index (χ4v) is 4.05. The van der Waals surface area contributed by atoms with Gasteiger partial charge in [-0.15, -0.1) is 11.3 Å². The molecule has 2 aromatic rings. The Morgan fingerprint density at radius 2 is 2.17 bits per heavy atom. The van der Waals surface area contributed by atoms with Crippen LogP contribution in [0.5, 0.6) is 5.75 Å². The van der Waals surface area contributed by atoms with Gasteiger partial charge in [0, 0.05) is 24.5 Å². The van der Waals surface area contributed by atoms with Crippen LogP contribution < -0.4 is 4.74 Å². The molecule has 0 radical (unpaired) electrons. The highest BCUT2D eigenvalue weighted by Gasteiger charge is 2.29. The predicted molar refractivity (Wildman–Crippen MR) is 96.4 cm³/mol. The smallest absolute Gasteiger partial charge is 0.223 e. The molecule has 1 saturated heterocycles. The number of nitrogens with zero attached hydrogens (tertiary/aromatic N) is 2. The average molecular weight is 344 g/mol. The highest BCUT2D eigenvalue weighted by atomic mass is 32.1. The molecule has 4 nitrogen and oxygen atoms in total. The van der Waals surface area contributed by atoms with Gasteiger partial charge in [0.05, 0.1) is 13.2 Å². The van der Waals surface area contributed by atoms with Crippen LogP contribution in [0.1, 0.15) is 48.7 Å². The van der Waals surface area contributed by atoms with Crippen molar-refractivity contribution in [3.05, 3.63) is 46.4 Å². The van der Waals surface area contributed by atoms with Crippen LogP contribution in [-0.4, -0.2) is 29.4 Å². The van der Waals surface area contributed by atoms with Crippen LogP contribution in [0, 0.1) is 0 Å². The van der Waals surface area contributed by atoms with Crippen LogP contribution in [0.4, 0.5) is 0 Å². The molecule has 5 heteroatoms. The first-order valence-electron chi connectivity index (χ1n) is 8.59.